The lowest BCUT2D eigenvalue weighted by atomic mass is 10.1. The average Bonchev–Trinajstić information content (AvgIpc) is 0.930. The van der Waals surface area contributed by atoms with Gasteiger partial charge in [0.25, 0.3) is 0 Å². The Hall–Kier alpha value is -9.49. The number of rotatable bonds is 8. The Labute approximate surface area is 543 Å². The predicted octanol–water partition coefficient (Wildman–Crippen LogP) is 16.1. The highest BCUT2D eigenvalue weighted by atomic mass is 28.4. The van der Waals surface area contributed by atoms with Crippen LogP contribution in [0.5, 0.6) is 0 Å². The molecular weight excluding hydrogens is 1410 g/mol. The Balaban J connectivity index is 0.000000153. The number of nitrogens with zero attached hydrogens (tertiary/aromatic N) is 6. The fraction of sp³-hybridized carbons (Fsp3) is 0.125. The minimum Gasteiger partial charge on any atom is -0.448 e. The monoisotopic (exact) mass is 1450 g/mol. The number of fused-ring (bicyclic) bond motifs is 20. The average molecular weight is 1450 g/mol. The van der Waals surface area contributed by atoms with Crippen LogP contribution in [0.15, 0.2) is 97.1 Å². The highest BCUT2D eigenvalue weighted by Gasteiger charge is 2.48. The first-order chi connectivity index (χ1) is 45.9. The normalized spacial score (nSPS) is 12.4. The van der Waals surface area contributed by atoms with Gasteiger partial charge in [0.2, 0.25) is 56.5 Å². The van der Waals surface area contributed by atoms with Gasteiger partial charge in [0.15, 0.2) is 116 Å². The van der Waals surface area contributed by atoms with E-state index in [4.69, 9.17) is 38.1 Å². The second-order valence-electron chi connectivity index (χ2n) is 23.8. The number of halogens is 20. The van der Waals surface area contributed by atoms with E-state index in [9.17, 15) is 87.8 Å². The molecule has 8 bridgehead atoms. The van der Waals surface area contributed by atoms with Gasteiger partial charge in [-0.2, -0.15) is 0 Å². The molecule has 0 saturated carbocycles. The molecule has 2 N–H and O–H groups in total. The van der Waals surface area contributed by atoms with Crippen molar-refractivity contribution >= 4 is 98.2 Å². The molecule has 0 fully saturated rings. The zero-order valence-corrected chi connectivity index (χ0v) is 55.3. The van der Waals surface area contributed by atoms with Crippen molar-refractivity contribution in [1.82, 2.24) is 39.9 Å². The summed E-state index contributed by atoms with van der Waals surface area (Å²) in [6.45, 7) is 7.71. The number of H-pyrrole nitrogens is 2. The molecule has 10 nitrogen and oxygen atoms in total. The molecule has 2 aliphatic rings. The molecule has 13 rings (SSSR count). The molecule has 5 heterocycles. The first kappa shape index (κ1) is 69.8. The molecule has 506 valence electrons. The maximum absolute atomic E-state index is 14.1. The summed E-state index contributed by atoms with van der Waals surface area (Å²) in [7, 11) is -16.7. The van der Waals surface area contributed by atoms with Crippen LogP contribution < -0.4 is 20.7 Å². The van der Waals surface area contributed by atoms with Gasteiger partial charge in [-0.15, -0.1) is 0 Å². The molecule has 34 heteroatoms. The molecule has 98 heavy (non-hydrogen) atoms. The quantitative estimate of drug-likeness (QED) is 0.0666. The summed E-state index contributed by atoms with van der Waals surface area (Å²) < 4.78 is 285. The molecule has 8 aromatic carbocycles. The second-order valence-corrected chi connectivity index (χ2v) is 39.5. The number of nitrogens with one attached hydrogen (secondary N) is 2. The molecule has 2 aliphatic heterocycles. The van der Waals surface area contributed by atoms with Crippen LogP contribution in [0.2, 0.25) is 52.4 Å². The molecule has 0 amide bonds. The van der Waals surface area contributed by atoms with Crippen molar-refractivity contribution in [1.29, 1.82) is 0 Å². The molecule has 0 unspecified atom stereocenters. The van der Waals surface area contributed by atoms with Gasteiger partial charge in [-0.1, -0.05) is 97.1 Å². The van der Waals surface area contributed by atoms with Crippen LogP contribution in [-0.4, -0.2) is 73.1 Å². The molecule has 0 aliphatic carbocycles. The number of hydrogen-bond donors (Lipinski definition) is 2. The first-order valence-electron chi connectivity index (χ1n) is 28.6. The molecule has 0 radical (unpaired) electrons. The van der Waals surface area contributed by atoms with E-state index < -0.39 is 170 Å². The number of aromatic nitrogens is 8. The van der Waals surface area contributed by atoms with Gasteiger partial charge in [0, 0.05) is 64.5 Å². The van der Waals surface area contributed by atoms with E-state index in [1.807, 2.05) is 97.1 Å². The third kappa shape index (κ3) is 11.9. The zero-order valence-electron chi connectivity index (χ0n) is 51.3. The van der Waals surface area contributed by atoms with Crippen molar-refractivity contribution < 1.29 is 96.0 Å². The Morgan fingerprint density at radius 3 is 0.551 bits per heavy atom. The molecule has 11 aromatic rings. The van der Waals surface area contributed by atoms with E-state index in [2.05, 4.69) is 9.97 Å². The van der Waals surface area contributed by atoms with E-state index in [1.165, 1.54) is 0 Å². The summed E-state index contributed by atoms with van der Waals surface area (Å²) in [5.41, 5.74) is 6.45. The second kappa shape index (κ2) is 25.4. The number of benzene rings is 8. The molecule has 0 saturated heterocycles. The maximum Gasteiger partial charge on any atom is 0.212 e. The Bertz CT molecular complexity index is 4610. The van der Waals surface area contributed by atoms with E-state index in [-0.39, 0.29) is 0 Å². The summed E-state index contributed by atoms with van der Waals surface area (Å²) in [5, 5.41) is -1.46. The summed E-state index contributed by atoms with van der Waals surface area (Å²) in [6, 6.07) is 32.2. The maximum atomic E-state index is 14.1. The van der Waals surface area contributed by atoms with Crippen molar-refractivity contribution in [2.45, 2.75) is 52.4 Å². The molecule has 3 aromatic heterocycles. The summed E-state index contributed by atoms with van der Waals surface area (Å²) >= 11 is 0. The van der Waals surface area contributed by atoms with Gasteiger partial charge in [-0.25, -0.2) is 118 Å². The van der Waals surface area contributed by atoms with Crippen molar-refractivity contribution in [3.05, 3.63) is 213 Å². The smallest absolute Gasteiger partial charge is 0.212 e. The lowest BCUT2D eigenvalue weighted by molar-refractivity contribution is 0.379. The van der Waals surface area contributed by atoms with Crippen LogP contribution in [0.1, 0.15) is 0 Å². The van der Waals surface area contributed by atoms with Crippen molar-refractivity contribution in [2.75, 3.05) is 0 Å². The van der Waals surface area contributed by atoms with Crippen LogP contribution in [0.3, 0.4) is 0 Å². The van der Waals surface area contributed by atoms with Crippen LogP contribution >= 0.6 is 0 Å². The molecular formula is C64H42F20N8O2Si4. The fourth-order valence-electron chi connectivity index (χ4n) is 11.6. The summed E-state index contributed by atoms with van der Waals surface area (Å²) in [5.74, 6) is -42.8. The Morgan fingerprint density at radius 1 is 0.224 bits per heavy atom. The van der Waals surface area contributed by atoms with Crippen LogP contribution in [0.25, 0.3) is 89.7 Å². The lowest BCUT2D eigenvalue weighted by Crippen LogP contribution is -2.61. The number of hydrogen-bond acceptors (Lipinski definition) is 8. The van der Waals surface area contributed by atoms with E-state index in [1.54, 1.807) is 0 Å². The van der Waals surface area contributed by atoms with Gasteiger partial charge in [0.05, 0.1) is 0 Å². The third-order valence-corrected chi connectivity index (χ3v) is 30.5. The highest BCUT2D eigenvalue weighted by molar-refractivity contribution is 6.97. The van der Waals surface area contributed by atoms with Crippen molar-refractivity contribution in [2.24, 2.45) is 0 Å². The minimum absolute atomic E-state index is 0.597. The standard InChI is InChI=1S/C32H18N8.2C16H12F10OSi2/c1-2-10-18-17(9-1)25-33-26(18)38-28-21-13-5-6-14-22(21)30(35-28)40-32-24-16-8-7-15-23(24)31(36-32)39-29-20-12-4-3-11-19(20)27(34-29)37-25;2*1-28(2,15-11(23)7(19)5(17)8(20)12(15)24)27-29(3,4)16-13(25)9(21)6(18)10(22)14(16)26/h1-16H,(H2,33,34,35,36,37,38,39,40);2*1-4H3. The zero-order chi connectivity index (χ0) is 71.5. The van der Waals surface area contributed by atoms with Gasteiger partial charge >= 0.3 is 0 Å². The van der Waals surface area contributed by atoms with Crippen molar-refractivity contribution in [3.8, 4) is 45.6 Å². The van der Waals surface area contributed by atoms with Gasteiger partial charge < -0.3 is 18.2 Å². The Kier molecular flexibility index (Phi) is 18.1. The topological polar surface area (TPSA) is 127 Å². The van der Waals surface area contributed by atoms with Crippen LogP contribution in [0, 0.1) is 116 Å². The van der Waals surface area contributed by atoms with E-state index >= 15 is 0 Å². The summed E-state index contributed by atoms with van der Waals surface area (Å²) in [6.07, 6.45) is 0. The third-order valence-electron chi connectivity index (χ3n) is 15.7. The van der Waals surface area contributed by atoms with Crippen LogP contribution in [0.4, 0.5) is 87.8 Å². The van der Waals surface area contributed by atoms with Crippen LogP contribution in [-0.2, 0) is 8.23 Å². The van der Waals surface area contributed by atoms with E-state index in [0.717, 1.165) is 96.2 Å². The van der Waals surface area contributed by atoms with Gasteiger partial charge in [-0.3, -0.25) is 0 Å². The minimum atomic E-state index is -4.17. The van der Waals surface area contributed by atoms with Gasteiger partial charge in [0.1, 0.15) is 22.6 Å². The largest absolute Gasteiger partial charge is 0.448 e. The lowest BCUT2D eigenvalue weighted by Gasteiger charge is -2.35. The molecule has 0 atom stereocenters. The SMILES string of the molecule is C[Si](C)(O[Si](C)(C)c1c(F)c(F)c(F)c(F)c1F)c1c(F)c(F)c(F)c(F)c1F.C[Si](C)(O[Si](C)(C)c1c(F)c(F)c(F)c(F)c1F)c1c(F)c(F)c(F)c(F)c1F.c1ccc2c(c1)-c1nc-2nc2[nH]c(nc3nc(nc4[nH]c(n1)c1ccccc41)-c1ccccc1-3)c1ccccc21. The Morgan fingerprint density at radius 2 is 0.378 bits per heavy atom. The number of aromatic amines is 2. The van der Waals surface area contributed by atoms with Gasteiger partial charge in [-0.05, 0) is 52.4 Å². The fourth-order valence-corrected chi connectivity index (χ4v) is 28.6. The highest BCUT2D eigenvalue weighted by Crippen LogP contribution is 2.38. The summed E-state index contributed by atoms with van der Waals surface area (Å²) in [4.78, 5) is 36.8. The predicted molar refractivity (Wildman–Crippen MR) is 332 cm³/mol. The molecule has 0 spiro atoms. The van der Waals surface area contributed by atoms with Crippen molar-refractivity contribution in [3.63, 3.8) is 0 Å². The van der Waals surface area contributed by atoms with E-state index in [0.29, 0.717) is 45.9 Å². The first-order valence-corrected chi connectivity index (χ1v) is 40.2.